The average Bonchev–Trinajstić information content (AvgIpc) is 3.20. The monoisotopic (exact) mass is 371 g/mol. The minimum atomic E-state index is -0.286. The van der Waals surface area contributed by atoms with Gasteiger partial charge < -0.3 is 9.72 Å². The van der Waals surface area contributed by atoms with Gasteiger partial charge in [-0.2, -0.15) is 0 Å². The number of benzene rings is 1. The number of carbonyl (C=O) groups is 1. The van der Waals surface area contributed by atoms with Crippen molar-refractivity contribution in [2.24, 2.45) is 0 Å². The van der Waals surface area contributed by atoms with Gasteiger partial charge >= 0.3 is 5.97 Å². The molecular weight excluding hydrogens is 354 g/mol. The van der Waals surface area contributed by atoms with Crippen LogP contribution >= 0.6 is 22.9 Å². The Morgan fingerprint density at radius 3 is 2.72 bits per heavy atom. The van der Waals surface area contributed by atoms with E-state index in [2.05, 4.69) is 11.1 Å². The maximum Gasteiger partial charge on any atom is 0.348 e. The van der Waals surface area contributed by atoms with Crippen molar-refractivity contribution in [1.29, 1.82) is 0 Å². The molecule has 25 heavy (non-hydrogen) atoms. The van der Waals surface area contributed by atoms with Crippen LogP contribution in [0.4, 0.5) is 0 Å². The number of aromatic amines is 1. The van der Waals surface area contributed by atoms with Crippen LogP contribution in [-0.4, -0.2) is 18.1 Å². The van der Waals surface area contributed by atoms with Gasteiger partial charge in [0.25, 0.3) is 0 Å². The summed E-state index contributed by atoms with van der Waals surface area (Å²) >= 11 is 7.54. The summed E-state index contributed by atoms with van der Waals surface area (Å²) in [6.07, 6.45) is 6.96. The highest BCUT2D eigenvalue weighted by molar-refractivity contribution is 7.21. The molecule has 0 radical (unpaired) electrons. The van der Waals surface area contributed by atoms with E-state index < -0.39 is 0 Å². The van der Waals surface area contributed by atoms with Gasteiger partial charge in [-0.1, -0.05) is 29.8 Å². The zero-order valence-electron chi connectivity index (χ0n) is 13.9. The van der Waals surface area contributed by atoms with Gasteiger partial charge in [0.05, 0.1) is 23.0 Å². The Morgan fingerprint density at radius 1 is 1.24 bits per heavy atom. The summed E-state index contributed by atoms with van der Waals surface area (Å²) in [5, 5.41) is 0.725. The molecule has 1 aliphatic rings. The average molecular weight is 372 g/mol. The summed E-state index contributed by atoms with van der Waals surface area (Å²) in [5.41, 5.74) is 5.77. The number of nitrogens with one attached hydrogen (secondary N) is 1. The molecule has 3 nitrogen and oxygen atoms in total. The normalized spacial score (nSPS) is 14.6. The Hall–Kier alpha value is -2.04. The van der Waals surface area contributed by atoms with Crippen molar-refractivity contribution in [3.05, 3.63) is 51.9 Å². The van der Waals surface area contributed by atoms with Crippen molar-refractivity contribution < 1.29 is 9.53 Å². The lowest BCUT2D eigenvalue weighted by Crippen LogP contribution is -1.97. The second kappa shape index (κ2) is 6.70. The van der Waals surface area contributed by atoms with Crippen molar-refractivity contribution in [3.8, 4) is 11.3 Å². The lowest BCUT2D eigenvalue weighted by Gasteiger charge is -2.14. The number of thiophene rings is 1. The fourth-order valence-electron chi connectivity index (χ4n) is 3.39. The van der Waals surface area contributed by atoms with Gasteiger partial charge in [0.2, 0.25) is 0 Å². The van der Waals surface area contributed by atoms with Gasteiger partial charge in [-0.25, -0.2) is 4.79 Å². The first kappa shape index (κ1) is 16.4. The topological polar surface area (TPSA) is 42.1 Å². The smallest absolute Gasteiger partial charge is 0.348 e. The molecule has 1 N–H and O–H groups in total. The fourth-order valence-corrected chi connectivity index (χ4v) is 4.63. The minimum Gasteiger partial charge on any atom is -0.465 e. The molecule has 4 rings (SSSR count). The summed E-state index contributed by atoms with van der Waals surface area (Å²) in [4.78, 5) is 16.1. The first-order valence-electron chi connectivity index (χ1n) is 8.36. The van der Waals surface area contributed by atoms with Crippen molar-refractivity contribution in [1.82, 2.24) is 4.98 Å². The highest BCUT2D eigenvalue weighted by atomic mass is 35.5. The SMILES string of the molecule is COC(=O)c1cc2[nH]c(-c3ccc(Cl)cc3)c(C3=CCCCC3)c2s1. The lowest BCUT2D eigenvalue weighted by molar-refractivity contribution is 0.0606. The maximum atomic E-state index is 11.9. The standard InChI is InChI=1S/C20H18ClNO2S/c1-24-20(23)16-11-15-19(25-16)17(12-5-3-2-4-6-12)18(22-15)13-7-9-14(21)10-8-13/h5,7-11,22H,2-4,6H2,1H3. The Bertz CT molecular complexity index is 966. The van der Waals surface area contributed by atoms with E-state index in [0.29, 0.717) is 4.88 Å². The summed E-state index contributed by atoms with van der Waals surface area (Å²) in [6, 6.07) is 9.77. The Morgan fingerprint density at radius 2 is 2.04 bits per heavy atom. The Kier molecular flexibility index (Phi) is 4.40. The van der Waals surface area contributed by atoms with E-state index in [1.54, 1.807) is 0 Å². The van der Waals surface area contributed by atoms with Gasteiger partial charge in [-0.3, -0.25) is 0 Å². The second-order valence-electron chi connectivity index (χ2n) is 6.20. The second-order valence-corrected chi connectivity index (χ2v) is 7.69. The number of aromatic nitrogens is 1. The van der Waals surface area contributed by atoms with Crippen LogP contribution < -0.4 is 0 Å². The van der Waals surface area contributed by atoms with Crippen molar-refractivity contribution >= 4 is 44.7 Å². The zero-order chi connectivity index (χ0) is 17.4. The molecule has 2 aromatic heterocycles. The molecule has 0 unspecified atom stereocenters. The van der Waals surface area contributed by atoms with E-state index in [9.17, 15) is 4.79 Å². The Balaban J connectivity index is 1.92. The molecule has 0 atom stereocenters. The molecular formula is C20H18ClNO2S. The highest BCUT2D eigenvalue weighted by Gasteiger charge is 2.22. The van der Waals surface area contributed by atoms with Gasteiger partial charge in [0, 0.05) is 10.6 Å². The molecule has 2 heterocycles. The molecule has 0 spiro atoms. The van der Waals surface area contributed by atoms with Crippen LogP contribution in [0.2, 0.25) is 5.02 Å². The molecule has 0 saturated heterocycles. The van der Waals surface area contributed by atoms with E-state index in [0.717, 1.165) is 39.3 Å². The van der Waals surface area contributed by atoms with Crippen LogP contribution in [0.3, 0.4) is 0 Å². The lowest BCUT2D eigenvalue weighted by atomic mass is 9.92. The largest absolute Gasteiger partial charge is 0.465 e. The molecule has 1 aromatic carbocycles. The van der Waals surface area contributed by atoms with E-state index in [4.69, 9.17) is 16.3 Å². The molecule has 0 bridgehead atoms. The zero-order valence-corrected chi connectivity index (χ0v) is 15.5. The predicted molar refractivity (Wildman–Crippen MR) is 104 cm³/mol. The Labute approximate surface area is 155 Å². The summed E-state index contributed by atoms with van der Waals surface area (Å²) in [5.74, 6) is -0.286. The molecule has 128 valence electrons. The van der Waals surface area contributed by atoms with Crippen LogP contribution in [-0.2, 0) is 4.74 Å². The number of H-pyrrole nitrogens is 1. The number of ether oxygens (including phenoxy) is 1. The molecule has 0 aliphatic heterocycles. The van der Waals surface area contributed by atoms with Crippen LogP contribution in [0.25, 0.3) is 27.0 Å². The molecule has 0 fully saturated rings. The summed E-state index contributed by atoms with van der Waals surface area (Å²) in [7, 11) is 1.42. The third kappa shape index (κ3) is 3.00. The third-order valence-electron chi connectivity index (χ3n) is 4.60. The van der Waals surface area contributed by atoms with E-state index in [1.807, 2.05) is 30.3 Å². The number of halogens is 1. The minimum absolute atomic E-state index is 0.286. The van der Waals surface area contributed by atoms with Crippen molar-refractivity contribution in [3.63, 3.8) is 0 Å². The van der Waals surface area contributed by atoms with Crippen molar-refractivity contribution in [2.75, 3.05) is 7.11 Å². The van der Waals surface area contributed by atoms with E-state index >= 15 is 0 Å². The molecule has 1 aliphatic carbocycles. The third-order valence-corrected chi connectivity index (χ3v) is 5.98. The molecule has 0 amide bonds. The van der Waals surface area contributed by atoms with Crippen molar-refractivity contribution in [2.45, 2.75) is 25.7 Å². The van der Waals surface area contributed by atoms with Crippen LogP contribution in [0.5, 0.6) is 0 Å². The first-order valence-corrected chi connectivity index (χ1v) is 9.56. The number of hydrogen-bond acceptors (Lipinski definition) is 3. The number of carbonyl (C=O) groups excluding carboxylic acids is 1. The quantitative estimate of drug-likeness (QED) is 0.549. The number of allylic oxidation sites excluding steroid dienone is 2. The van der Waals surface area contributed by atoms with E-state index in [-0.39, 0.29) is 5.97 Å². The van der Waals surface area contributed by atoms with E-state index in [1.165, 1.54) is 42.4 Å². The maximum absolute atomic E-state index is 11.9. The molecule has 3 aromatic rings. The fraction of sp³-hybridized carbons (Fsp3) is 0.250. The van der Waals surface area contributed by atoms with Gasteiger partial charge in [-0.15, -0.1) is 11.3 Å². The number of hydrogen-bond donors (Lipinski definition) is 1. The van der Waals surface area contributed by atoms with Crippen LogP contribution in [0, 0.1) is 0 Å². The van der Waals surface area contributed by atoms with Crippen LogP contribution in [0.1, 0.15) is 40.9 Å². The summed E-state index contributed by atoms with van der Waals surface area (Å²) in [6.45, 7) is 0. The number of fused-ring (bicyclic) bond motifs is 1. The number of methoxy groups -OCH3 is 1. The van der Waals surface area contributed by atoms with Crippen LogP contribution in [0.15, 0.2) is 36.4 Å². The van der Waals surface area contributed by atoms with Gasteiger partial charge in [0.1, 0.15) is 4.88 Å². The number of esters is 1. The predicted octanol–water partition coefficient (Wildman–Crippen LogP) is 6.29. The summed E-state index contributed by atoms with van der Waals surface area (Å²) < 4.78 is 6.00. The molecule has 0 saturated carbocycles. The highest BCUT2D eigenvalue weighted by Crippen LogP contribution is 2.42. The van der Waals surface area contributed by atoms with Gasteiger partial charge in [-0.05, 0) is 55.0 Å². The number of rotatable bonds is 3. The first-order chi connectivity index (χ1) is 12.2. The molecule has 5 heteroatoms. The van der Waals surface area contributed by atoms with Gasteiger partial charge in [0.15, 0.2) is 0 Å².